The Balaban J connectivity index is 1.34. The van der Waals surface area contributed by atoms with Gasteiger partial charge in [-0.15, -0.1) is 0 Å². The predicted molar refractivity (Wildman–Crippen MR) is 132 cm³/mol. The van der Waals surface area contributed by atoms with Crippen LogP contribution >= 0.6 is 11.8 Å². The highest BCUT2D eigenvalue weighted by atomic mass is 32.2. The minimum Gasteiger partial charge on any atom is -0.489 e. The number of carbonyl (C=O) groups is 4. The van der Waals surface area contributed by atoms with E-state index in [2.05, 4.69) is 5.32 Å². The van der Waals surface area contributed by atoms with Crippen LogP contribution < -0.4 is 10.1 Å². The number of thioether (sulfide) groups is 1. The number of hydrogen-bond donors (Lipinski definition) is 2. The second-order valence-corrected chi connectivity index (χ2v) is 8.68. The topological polar surface area (TPSA) is 113 Å². The van der Waals surface area contributed by atoms with Gasteiger partial charge >= 0.3 is 5.97 Å². The number of amides is 3. The molecule has 0 atom stereocenters. The Morgan fingerprint density at radius 3 is 2.42 bits per heavy atom. The smallest absolute Gasteiger partial charge is 0.335 e. The van der Waals surface area contributed by atoms with E-state index in [-0.39, 0.29) is 22.8 Å². The van der Waals surface area contributed by atoms with Gasteiger partial charge in [-0.1, -0.05) is 30.3 Å². The van der Waals surface area contributed by atoms with E-state index in [1.165, 1.54) is 30.3 Å². The van der Waals surface area contributed by atoms with Gasteiger partial charge < -0.3 is 15.2 Å². The van der Waals surface area contributed by atoms with Crippen molar-refractivity contribution in [2.45, 2.75) is 6.61 Å². The second kappa shape index (κ2) is 10.9. The van der Waals surface area contributed by atoms with Crippen molar-refractivity contribution in [1.82, 2.24) is 4.90 Å². The minimum atomic E-state index is -0.997. The van der Waals surface area contributed by atoms with Crippen molar-refractivity contribution in [1.29, 1.82) is 0 Å². The zero-order valence-corrected chi connectivity index (χ0v) is 19.5. The monoisotopic (exact) mass is 506 g/mol. The Bertz CT molecular complexity index is 1360. The number of hydrogen-bond acceptors (Lipinski definition) is 6. The SMILES string of the molecule is O=C(CN1C(=O)S/C(=C/c2ccc(OCc3ccc(C(=O)O)cc3)cc2)C1=O)Nc1cccc(F)c1. The van der Waals surface area contributed by atoms with Gasteiger partial charge in [0, 0.05) is 5.69 Å². The minimum absolute atomic E-state index is 0.172. The van der Waals surface area contributed by atoms with Crippen molar-refractivity contribution < 1.29 is 33.4 Å². The first-order chi connectivity index (χ1) is 17.3. The van der Waals surface area contributed by atoms with Gasteiger partial charge in [-0.3, -0.25) is 19.3 Å². The molecule has 0 aliphatic carbocycles. The van der Waals surface area contributed by atoms with Crippen molar-refractivity contribution in [3.05, 3.63) is 100 Å². The number of aromatic carboxylic acids is 1. The van der Waals surface area contributed by atoms with E-state index < -0.39 is 35.4 Å². The first-order valence-electron chi connectivity index (χ1n) is 10.6. The van der Waals surface area contributed by atoms with Crippen molar-refractivity contribution in [3.63, 3.8) is 0 Å². The molecule has 2 N–H and O–H groups in total. The number of nitrogens with zero attached hydrogens (tertiary/aromatic N) is 1. The maximum atomic E-state index is 13.3. The van der Waals surface area contributed by atoms with Crippen LogP contribution in [0.1, 0.15) is 21.5 Å². The maximum Gasteiger partial charge on any atom is 0.335 e. The van der Waals surface area contributed by atoms with E-state index in [1.54, 1.807) is 42.5 Å². The van der Waals surface area contributed by atoms with Gasteiger partial charge in [-0.05, 0) is 71.4 Å². The molecule has 1 saturated heterocycles. The van der Waals surface area contributed by atoms with Gasteiger partial charge in [0.15, 0.2) is 0 Å². The lowest BCUT2D eigenvalue weighted by Crippen LogP contribution is -2.36. The van der Waals surface area contributed by atoms with Crippen molar-refractivity contribution in [2.75, 3.05) is 11.9 Å². The molecule has 3 aromatic carbocycles. The molecule has 3 amide bonds. The Hall–Kier alpha value is -4.44. The number of carbonyl (C=O) groups excluding carboxylic acids is 3. The summed E-state index contributed by atoms with van der Waals surface area (Å²) in [6.07, 6.45) is 1.55. The molecule has 0 radical (unpaired) electrons. The van der Waals surface area contributed by atoms with Crippen LogP contribution in [0, 0.1) is 5.82 Å². The molecule has 1 fully saturated rings. The molecular formula is C26H19FN2O6S. The first kappa shape index (κ1) is 24.7. The van der Waals surface area contributed by atoms with Gasteiger partial charge in [-0.2, -0.15) is 0 Å². The third-order valence-electron chi connectivity index (χ3n) is 5.07. The van der Waals surface area contributed by atoms with Gasteiger partial charge in [0.1, 0.15) is 24.7 Å². The van der Waals surface area contributed by atoms with Crippen LogP contribution in [-0.2, 0) is 16.2 Å². The molecule has 36 heavy (non-hydrogen) atoms. The Morgan fingerprint density at radius 1 is 1.03 bits per heavy atom. The fourth-order valence-corrected chi connectivity index (χ4v) is 4.11. The normalized spacial score (nSPS) is 14.2. The summed E-state index contributed by atoms with van der Waals surface area (Å²) in [6, 6.07) is 18.5. The third kappa shape index (κ3) is 6.16. The quantitative estimate of drug-likeness (QED) is 0.423. The Morgan fingerprint density at radius 2 is 1.75 bits per heavy atom. The van der Waals surface area contributed by atoms with Crippen LogP contribution in [0.15, 0.2) is 77.7 Å². The number of halogens is 1. The summed E-state index contributed by atoms with van der Waals surface area (Å²) in [7, 11) is 0. The number of benzene rings is 3. The third-order valence-corrected chi connectivity index (χ3v) is 5.98. The number of imide groups is 1. The molecule has 1 aliphatic rings. The molecule has 1 heterocycles. The highest BCUT2D eigenvalue weighted by Gasteiger charge is 2.36. The Labute approximate surface area is 209 Å². The van der Waals surface area contributed by atoms with Gasteiger partial charge in [0.2, 0.25) is 5.91 Å². The van der Waals surface area contributed by atoms with Crippen LogP contribution in [0.5, 0.6) is 5.75 Å². The summed E-state index contributed by atoms with van der Waals surface area (Å²) >= 11 is 0.728. The molecule has 1 aliphatic heterocycles. The van der Waals surface area contributed by atoms with Crippen LogP contribution in [0.2, 0.25) is 0 Å². The second-order valence-electron chi connectivity index (χ2n) is 7.69. The number of rotatable bonds is 8. The van der Waals surface area contributed by atoms with E-state index in [4.69, 9.17) is 9.84 Å². The van der Waals surface area contributed by atoms with Crippen LogP contribution in [0.25, 0.3) is 6.08 Å². The van der Waals surface area contributed by atoms with E-state index in [0.717, 1.165) is 28.3 Å². The summed E-state index contributed by atoms with van der Waals surface area (Å²) in [5, 5.41) is 10.8. The molecule has 0 spiro atoms. The molecular weight excluding hydrogens is 487 g/mol. The number of ether oxygens (including phenoxy) is 1. The molecule has 0 bridgehead atoms. The van der Waals surface area contributed by atoms with Gasteiger partial charge in [-0.25, -0.2) is 9.18 Å². The molecule has 4 rings (SSSR count). The number of anilines is 1. The predicted octanol–water partition coefficient (Wildman–Crippen LogP) is 4.78. The average Bonchev–Trinajstić information content (AvgIpc) is 3.11. The van der Waals surface area contributed by atoms with E-state index in [9.17, 15) is 23.6 Å². The first-order valence-corrected chi connectivity index (χ1v) is 11.5. The lowest BCUT2D eigenvalue weighted by Gasteiger charge is -2.12. The van der Waals surface area contributed by atoms with Gasteiger partial charge in [0.05, 0.1) is 10.5 Å². The molecule has 182 valence electrons. The zero-order chi connectivity index (χ0) is 25.7. The summed E-state index contributed by atoms with van der Waals surface area (Å²) in [5.74, 6) is -2.17. The summed E-state index contributed by atoms with van der Waals surface area (Å²) in [4.78, 5) is 49.1. The van der Waals surface area contributed by atoms with Crippen LogP contribution in [0.4, 0.5) is 14.9 Å². The molecule has 3 aromatic rings. The van der Waals surface area contributed by atoms with Crippen molar-refractivity contribution in [2.24, 2.45) is 0 Å². The molecule has 0 saturated carbocycles. The van der Waals surface area contributed by atoms with Gasteiger partial charge in [0.25, 0.3) is 11.1 Å². The van der Waals surface area contributed by atoms with Crippen molar-refractivity contribution >= 4 is 46.5 Å². The van der Waals surface area contributed by atoms with E-state index >= 15 is 0 Å². The van der Waals surface area contributed by atoms with Crippen molar-refractivity contribution in [3.8, 4) is 5.75 Å². The summed E-state index contributed by atoms with van der Waals surface area (Å²) in [6.45, 7) is -0.242. The van der Waals surface area contributed by atoms with Crippen LogP contribution in [0.3, 0.4) is 0 Å². The lowest BCUT2D eigenvalue weighted by atomic mass is 10.1. The molecule has 0 aromatic heterocycles. The average molecular weight is 507 g/mol. The fourth-order valence-electron chi connectivity index (χ4n) is 3.27. The molecule has 10 heteroatoms. The number of carboxylic acids is 1. The fraction of sp³-hybridized carbons (Fsp3) is 0.0769. The summed E-state index contributed by atoms with van der Waals surface area (Å²) < 4.78 is 19.0. The lowest BCUT2D eigenvalue weighted by molar-refractivity contribution is -0.127. The number of nitrogens with one attached hydrogen (secondary N) is 1. The van der Waals surface area contributed by atoms with Crippen LogP contribution in [-0.4, -0.2) is 39.6 Å². The zero-order valence-electron chi connectivity index (χ0n) is 18.6. The van der Waals surface area contributed by atoms with E-state index in [1.807, 2.05) is 0 Å². The standard InChI is InChI=1S/C26H19FN2O6S/c27-19-2-1-3-20(13-19)28-23(30)14-29-24(31)22(36-26(29)34)12-16-6-10-21(11-7-16)35-15-17-4-8-18(9-5-17)25(32)33/h1-13H,14-15H2,(H,28,30)(H,32,33)/b22-12+. The summed E-state index contributed by atoms with van der Waals surface area (Å²) in [5.41, 5.74) is 1.88. The highest BCUT2D eigenvalue weighted by Crippen LogP contribution is 2.32. The van der Waals surface area contributed by atoms with E-state index in [0.29, 0.717) is 11.3 Å². The molecule has 8 nitrogen and oxygen atoms in total. The maximum absolute atomic E-state index is 13.3. The largest absolute Gasteiger partial charge is 0.489 e. The number of carboxylic acid groups (broad SMARTS) is 1. The highest BCUT2D eigenvalue weighted by molar-refractivity contribution is 8.18. The molecule has 0 unspecified atom stereocenters. The Kier molecular flexibility index (Phi) is 7.45.